The van der Waals surface area contributed by atoms with Crippen LogP contribution in [-0.4, -0.2) is 25.9 Å². The highest BCUT2D eigenvalue weighted by Gasteiger charge is 2.19. The fourth-order valence-electron chi connectivity index (χ4n) is 2.28. The minimum absolute atomic E-state index is 0.171. The summed E-state index contributed by atoms with van der Waals surface area (Å²) in [7, 11) is 0. The van der Waals surface area contributed by atoms with E-state index in [1.165, 1.54) is 11.8 Å². The summed E-state index contributed by atoms with van der Waals surface area (Å²) >= 11 is 7.57. The second-order valence-electron chi connectivity index (χ2n) is 5.54. The van der Waals surface area contributed by atoms with Crippen LogP contribution in [0.15, 0.2) is 46.3 Å². The molecule has 0 aliphatic carbocycles. The monoisotopic (exact) mass is 376 g/mol. The zero-order chi connectivity index (χ0) is 18.0. The average molecular weight is 377 g/mol. The quantitative estimate of drug-likeness (QED) is 0.674. The SMILES string of the molecule is Cc1cc(NC(=O)C(C)Sc2nccn2-c2cccc(Cl)c2C)no1. The number of hydrogen-bond acceptors (Lipinski definition) is 5. The molecule has 1 aromatic carbocycles. The minimum Gasteiger partial charge on any atom is -0.360 e. The van der Waals surface area contributed by atoms with Crippen LogP contribution < -0.4 is 5.32 Å². The zero-order valence-corrected chi connectivity index (χ0v) is 15.6. The molecule has 1 unspecified atom stereocenters. The first kappa shape index (κ1) is 17.6. The van der Waals surface area contributed by atoms with Gasteiger partial charge in [0, 0.05) is 23.5 Å². The van der Waals surface area contributed by atoms with Crippen LogP contribution >= 0.6 is 23.4 Å². The first-order valence-corrected chi connectivity index (χ1v) is 8.91. The standard InChI is InChI=1S/C17H17ClN4O2S/c1-10-9-15(21-24-10)20-16(23)12(3)25-17-19-7-8-22(17)14-6-4-5-13(18)11(14)2/h4-9,12H,1-3H3,(H,20,21,23). The minimum atomic E-state index is -0.363. The third-order valence-corrected chi connectivity index (χ3v) is 5.13. The fourth-order valence-corrected chi connectivity index (χ4v) is 3.33. The summed E-state index contributed by atoms with van der Waals surface area (Å²) < 4.78 is 6.88. The predicted molar refractivity (Wildman–Crippen MR) is 98.5 cm³/mol. The molecule has 0 bridgehead atoms. The van der Waals surface area contributed by atoms with Crippen molar-refractivity contribution in [1.82, 2.24) is 14.7 Å². The number of carbonyl (C=O) groups excluding carboxylic acids is 1. The average Bonchev–Trinajstić information content (AvgIpc) is 3.19. The second-order valence-corrected chi connectivity index (χ2v) is 7.25. The van der Waals surface area contributed by atoms with Crippen LogP contribution in [0.5, 0.6) is 0 Å². The van der Waals surface area contributed by atoms with Gasteiger partial charge in [-0.2, -0.15) is 0 Å². The van der Waals surface area contributed by atoms with Crippen LogP contribution in [0, 0.1) is 13.8 Å². The number of anilines is 1. The predicted octanol–water partition coefficient (Wildman–Crippen LogP) is 4.25. The number of aromatic nitrogens is 3. The molecule has 0 aliphatic heterocycles. The smallest absolute Gasteiger partial charge is 0.238 e. The molecule has 2 aromatic heterocycles. The molecule has 0 radical (unpaired) electrons. The maximum absolute atomic E-state index is 12.3. The Balaban J connectivity index is 1.76. The third-order valence-electron chi connectivity index (χ3n) is 3.64. The van der Waals surface area contributed by atoms with Crippen LogP contribution in [0.1, 0.15) is 18.2 Å². The summed E-state index contributed by atoms with van der Waals surface area (Å²) in [6, 6.07) is 7.38. The molecule has 1 N–H and O–H groups in total. The number of amides is 1. The van der Waals surface area contributed by atoms with Crippen LogP contribution in [-0.2, 0) is 4.79 Å². The van der Waals surface area contributed by atoms with Gasteiger partial charge in [0.25, 0.3) is 0 Å². The molecule has 2 heterocycles. The number of benzene rings is 1. The molecule has 6 nitrogen and oxygen atoms in total. The normalized spacial score (nSPS) is 12.2. The molecule has 3 rings (SSSR count). The lowest BCUT2D eigenvalue weighted by Crippen LogP contribution is -2.23. The third kappa shape index (κ3) is 3.88. The maximum Gasteiger partial charge on any atom is 0.238 e. The first-order chi connectivity index (χ1) is 12.0. The topological polar surface area (TPSA) is 73.0 Å². The zero-order valence-electron chi connectivity index (χ0n) is 14.0. The van der Waals surface area contributed by atoms with E-state index >= 15 is 0 Å². The number of rotatable bonds is 5. The Kier molecular flexibility index (Phi) is 5.15. The Bertz CT molecular complexity index is 906. The molecule has 0 saturated carbocycles. The Morgan fingerprint density at radius 1 is 1.40 bits per heavy atom. The number of halogens is 1. The molecular weight excluding hydrogens is 360 g/mol. The molecule has 3 aromatic rings. The summed E-state index contributed by atoms with van der Waals surface area (Å²) in [6.07, 6.45) is 3.56. The largest absolute Gasteiger partial charge is 0.360 e. The molecular formula is C17H17ClN4O2S. The highest BCUT2D eigenvalue weighted by Crippen LogP contribution is 2.29. The molecule has 1 atom stereocenters. The number of carbonyl (C=O) groups is 1. The maximum atomic E-state index is 12.3. The summed E-state index contributed by atoms with van der Waals surface area (Å²) in [6.45, 7) is 5.54. The summed E-state index contributed by atoms with van der Waals surface area (Å²) in [5.41, 5.74) is 1.89. The van der Waals surface area contributed by atoms with Crippen LogP contribution in [0.2, 0.25) is 5.02 Å². The molecule has 25 heavy (non-hydrogen) atoms. The first-order valence-electron chi connectivity index (χ1n) is 7.65. The van der Waals surface area contributed by atoms with Crippen molar-refractivity contribution in [2.45, 2.75) is 31.2 Å². The Labute approximate surface area is 154 Å². The van der Waals surface area contributed by atoms with Crippen molar-refractivity contribution in [3.63, 3.8) is 0 Å². The molecule has 0 fully saturated rings. The number of thioether (sulfide) groups is 1. The van der Waals surface area contributed by atoms with Gasteiger partial charge in [-0.25, -0.2) is 4.98 Å². The van der Waals surface area contributed by atoms with Gasteiger partial charge in [0.05, 0.1) is 10.9 Å². The molecule has 0 aliphatic rings. The lowest BCUT2D eigenvalue weighted by Gasteiger charge is -2.14. The van der Waals surface area contributed by atoms with Gasteiger partial charge in [-0.3, -0.25) is 9.36 Å². The van der Waals surface area contributed by atoms with Gasteiger partial charge in [0.2, 0.25) is 5.91 Å². The van der Waals surface area contributed by atoms with Gasteiger partial charge in [-0.05, 0) is 38.5 Å². The number of imidazole rings is 1. The molecule has 1 amide bonds. The van der Waals surface area contributed by atoms with E-state index in [1.54, 1.807) is 19.2 Å². The molecule has 0 spiro atoms. The van der Waals surface area contributed by atoms with Gasteiger partial charge in [-0.1, -0.05) is 34.6 Å². The van der Waals surface area contributed by atoms with E-state index in [0.717, 1.165) is 11.3 Å². The number of nitrogens with zero attached hydrogens (tertiary/aromatic N) is 3. The molecule has 0 saturated heterocycles. The number of hydrogen-bond donors (Lipinski definition) is 1. The summed E-state index contributed by atoms with van der Waals surface area (Å²) in [4.78, 5) is 16.7. The van der Waals surface area contributed by atoms with Crippen molar-refractivity contribution >= 4 is 35.1 Å². The fraction of sp³-hybridized carbons (Fsp3) is 0.235. The summed E-state index contributed by atoms with van der Waals surface area (Å²) in [5.74, 6) is 0.877. The van der Waals surface area contributed by atoms with Crippen molar-refractivity contribution in [1.29, 1.82) is 0 Å². The summed E-state index contributed by atoms with van der Waals surface area (Å²) in [5, 5.41) is 7.54. The second kappa shape index (κ2) is 7.33. The highest BCUT2D eigenvalue weighted by molar-refractivity contribution is 8.00. The van der Waals surface area contributed by atoms with E-state index in [9.17, 15) is 4.79 Å². The van der Waals surface area contributed by atoms with Gasteiger partial charge in [0.15, 0.2) is 11.0 Å². The Hall–Kier alpha value is -2.25. The van der Waals surface area contributed by atoms with Crippen molar-refractivity contribution in [3.8, 4) is 5.69 Å². The highest BCUT2D eigenvalue weighted by atomic mass is 35.5. The lowest BCUT2D eigenvalue weighted by molar-refractivity contribution is -0.115. The Morgan fingerprint density at radius 2 is 2.20 bits per heavy atom. The van der Waals surface area contributed by atoms with Crippen molar-refractivity contribution in [2.75, 3.05) is 5.32 Å². The van der Waals surface area contributed by atoms with Crippen molar-refractivity contribution in [2.24, 2.45) is 0 Å². The van der Waals surface area contributed by atoms with Gasteiger partial charge < -0.3 is 9.84 Å². The van der Waals surface area contributed by atoms with E-state index in [4.69, 9.17) is 16.1 Å². The van der Waals surface area contributed by atoms with E-state index < -0.39 is 0 Å². The van der Waals surface area contributed by atoms with Crippen LogP contribution in [0.3, 0.4) is 0 Å². The molecule has 8 heteroatoms. The Morgan fingerprint density at radius 3 is 2.92 bits per heavy atom. The van der Waals surface area contributed by atoms with E-state index in [-0.39, 0.29) is 11.2 Å². The number of aryl methyl sites for hydroxylation is 1. The van der Waals surface area contributed by atoms with Crippen LogP contribution in [0.25, 0.3) is 5.69 Å². The van der Waals surface area contributed by atoms with Gasteiger partial charge >= 0.3 is 0 Å². The van der Waals surface area contributed by atoms with E-state index in [0.29, 0.717) is 21.8 Å². The van der Waals surface area contributed by atoms with Gasteiger partial charge in [-0.15, -0.1) is 0 Å². The van der Waals surface area contributed by atoms with Crippen LogP contribution in [0.4, 0.5) is 5.82 Å². The van der Waals surface area contributed by atoms with E-state index in [2.05, 4.69) is 15.5 Å². The van der Waals surface area contributed by atoms with Gasteiger partial charge in [0.1, 0.15) is 5.76 Å². The van der Waals surface area contributed by atoms with E-state index in [1.807, 2.05) is 42.8 Å². The van der Waals surface area contributed by atoms with Crippen molar-refractivity contribution < 1.29 is 9.32 Å². The lowest BCUT2D eigenvalue weighted by atomic mass is 10.2. The number of nitrogens with one attached hydrogen (secondary N) is 1. The molecule has 130 valence electrons. The van der Waals surface area contributed by atoms with Crippen molar-refractivity contribution in [3.05, 3.63) is 53.0 Å².